The van der Waals surface area contributed by atoms with E-state index in [0.717, 1.165) is 60.1 Å². The number of carbonyl (C=O) groups is 2. The Kier molecular flexibility index (Phi) is 9.49. The van der Waals surface area contributed by atoms with Gasteiger partial charge in [-0.25, -0.2) is 9.78 Å². The molecular formula is C27H32F3N5O3. The molecule has 0 saturated heterocycles. The lowest BCUT2D eigenvalue weighted by Gasteiger charge is -2.29. The van der Waals surface area contributed by atoms with Crippen LogP contribution in [0.25, 0.3) is 10.9 Å². The normalized spacial score (nSPS) is 17.2. The van der Waals surface area contributed by atoms with E-state index in [0.29, 0.717) is 17.9 Å². The maximum absolute atomic E-state index is 12.4. The van der Waals surface area contributed by atoms with Crippen LogP contribution in [0.15, 0.2) is 48.5 Å². The standard InChI is InChI=1S/C25H31N5O.C2HF3O2/c1-17-7-6-8-19(15-17)24(31)26-16-18-11-13-20(14-12-18)27-25-28-22-10-5-4-9-21(22)23(29-25)30(2)3;3-2(4,5)1(6)7/h4-10,15,18,20H,11-14,16H2,1-3H3,(H,26,31)(H,27,28,29);(H,6,7). The summed E-state index contributed by atoms with van der Waals surface area (Å²) in [5.41, 5.74) is 2.80. The highest BCUT2D eigenvalue weighted by atomic mass is 19.4. The molecule has 1 fully saturated rings. The van der Waals surface area contributed by atoms with Gasteiger partial charge in [0.15, 0.2) is 0 Å². The minimum absolute atomic E-state index is 0.0183. The maximum atomic E-state index is 12.4. The van der Waals surface area contributed by atoms with Gasteiger partial charge in [0.25, 0.3) is 5.91 Å². The summed E-state index contributed by atoms with van der Waals surface area (Å²) >= 11 is 0. The molecule has 1 aromatic heterocycles. The number of fused-ring (bicyclic) bond motifs is 1. The van der Waals surface area contributed by atoms with Gasteiger partial charge in [-0.15, -0.1) is 0 Å². The number of para-hydroxylation sites is 1. The number of anilines is 2. The fourth-order valence-corrected chi connectivity index (χ4v) is 4.28. The first-order valence-electron chi connectivity index (χ1n) is 12.3. The van der Waals surface area contributed by atoms with E-state index in [9.17, 15) is 18.0 Å². The molecule has 1 aliphatic rings. The number of carbonyl (C=O) groups excluding carboxylic acids is 1. The van der Waals surface area contributed by atoms with Gasteiger partial charge >= 0.3 is 12.1 Å². The molecule has 0 unspecified atom stereocenters. The van der Waals surface area contributed by atoms with Crippen molar-refractivity contribution in [2.24, 2.45) is 5.92 Å². The summed E-state index contributed by atoms with van der Waals surface area (Å²) in [6.45, 7) is 2.74. The second-order valence-corrected chi connectivity index (χ2v) is 9.53. The third-order valence-electron chi connectivity index (χ3n) is 6.26. The number of aryl methyl sites for hydroxylation is 1. The van der Waals surface area contributed by atoms with Gasteiger partial charge in [0, 0.05) is 37.6 Å². The van der Waals surface area contributed by atoms with E-state index in [1.807, 2.05) is 68.4 Å². The lowest BCUT2D eigenvalue weighted by Crippen LogP contribution is -2.34. The van der Waals surface area contributed by atoms with E-state index >= 15 is 0 Å². The van der Waals surface area contributed by atoms with Crippen LogP contribution in [0.5, 0.6) is 0 Å². The number of aliphatic carboxylic acids is 1. The van der Waals surface area contributed by atoms with Crippen molar-refractivity contribution in [2.75, 3.05) is 30.9 Å². The summed E-state index contributed by atoms with van der Waals surface area (Å²) in [7, 11) is 4.02. The van der Waals surface area contributed by atoms with Gasteiger partial charge in [-0.3, -0.25) is 4.79 Å². The minimum Gasteiger partial charge on any atom is -0.475 e. The molecule has 1 aliphatic carbocycles. The van der Waals surface area contributed by atoms with Crippen LogP contribution in [0.4, 0.5) is 24.9 Å². The van der Waals surface area contributed by atoms with Crippen LogP contribution < -0.4 is 15.5 Å². The van der Waals surface area contributed by atoms with Crippen LogP contribution in [0, 0.1) is 12.8 Å². The SMILES string of the molecule is Cc1cccc(C(=O)NCC2CCC(Nc3nc(N(C)C)c4ccccc4n3)CC2)c1.O=C(O)C(F)(F)F. The molecule has 2 aromatic carbocycles. The number of nitrogens with zero attached hydrogens (tertiary/aromatic N) is 3. The van der Waals surface area contributed by atoms with Crippen molar-refractivity contribution < 1.29 is 27.9 Å². The van der Waals surface area contributed by atoms with E-state index in [1.54, 1.807) is 0 Å². The zero-order valence-corrected chi connectivity index (χ0v) is 21.5. The van der Waals surface area contributed by atoms with E-state index in [1.165, 1.54) is 0 Å². The Morgan fingerprint density at radius 2 is 1.68 bits per heavy atom. The van der Waals surface area contributed by atoms with Crippen molar-refractivity contribution >= 4 is 34.5 Å². The summed E-state index contributed by atoms with van der Waals surface area (Å²) in [6.07, 6.45) is -0.809. The molecule has 11 heteroatoms. The topological polar surface area (TPSA) is 107 Å². The molecule has 0 bridgehead atoms. The largest absolute Gasteiger partial charge is 0.490 e. The van der Waals surface area contributed by atoms with E-state index in [-0.39, 0.29) is 5.91 Å². The number of rotatable bonds is 6. The fraction of sp³-hybridized carbons (Fsp3) is 0.407. The Morgan fingerprint density at radius 1 is 1.03 bits per heavy atom. The van der Waals surface area contributed by atoms with Crippen LogP contribution in [0.2, 0.25) is 0 Å². The highest BCUT2D eigenvalue weighted by Crippen LogP contribution is 2.28. The third-order valence-corrected chi connectivity index (χ3v) is 6.26. The summed E-state index contributed by atoms with van der Waals surface area (Å²) in [5, 5.41) is 14.8. The van der Waals surface area contributed by atoms with Crippen LogP contribution in [0.1, 0.15) is 41.6 Å². The average Bonchev–Trinajstić information content (AvgIpc) is 2.87. The van der Waals surface area contributed by atoms with E-state index in [2.05, 4.69) is 16.7 Å². The molecule has 0 atom stereocenters. The molecule has 0 aliphatic heterocycles. The number of nitrogens with one attached hydrogen (secondary N) is 2. The number of aromatic nitrogens is 2. The van der Waals surface area contributed by atoms with Gasteiger partial charge in [-0.1, -0.05) is 29.8 Å². The van der Waals surface area contributed by atoms with Crippen LogP contribution in [0.3, 0.4) is 0 Å². The van der Waals surface area contributed by atoms with Gasteiger partial charge in [-0.05, 0) is 62.8 Å². The average molecular weight is 532 g/mol. The number of hydrogen-bond donors (Lipinski definition) is 3. The number of carboxylic acids is 1. The van der Waals surface area contributed by atoms with Crippen molar-refractivity contribution in [3.05, 3.63) is 59.7 Å². The van der Waals surface area contributed by atoms with Crippen molar-refractivity contribution in [1.82, 2.24) is 15.3 Å². The molecule has 0 spiro atoms. The zero-order chi connectivity index (χ0) is 27.9. The molecule has 4 rings (SSSR count). The van der Waals surface area contributed by atoms with Gasteiger partial charge in [0.1, 0.15) is 5.82 Å². The molecule has 1 amide bonds. The fourth-order valence-electron chi connectivity index (χ4n) is 4.28. The first-order chi connectivity index (χ1) is 17.9. The highest BCUT2D eigenvalue weighted by Gasteiger charge is 2.38. The summed E-state index contributed by atoms with van der Waals surface area (Å²) in [5.74, 6) is -0.599. The van der Waals surface area contributed by atoms with Gasteiger partial charge in [-0.2, -0.15) is 18.2 Å². The Hall–Kier alpha value is -3.89. The summed E-state index contributed by atoms with van der Waals surface area (Å²) < 4.78 is 31.7. The molecule has 3 N–H and O–H groups in total. The lowest BCUT2D eigenvalue weighted by atomic mass is 9.86. The Balaban J connectivity index is 0.000000505. The molecule has 1 saturated carbocycles. The smallest absolute Gasteiger partial charge is 0.475 e. The second kappa shape index (κ2) is 12.6. The van der Waals surface area contributed by atoms with Gasteiger partial charge < -0.3 is 20.6 Å². The van der Waals surface area contributed by atoms with Crippen LogP contribution in [-0.4, -0.2) is 59.8 Å². The number of hydrogen-bond acceptors (Lipinski definition) is 6. The lowest BCUT2D eigenvalue weighted by molar-refractivity contribution is -0.192. The monoisotopic (exact) mass is 531 g/mol. The zero-order valence-electron chi connectivity index (χ0n) is 21.5. The number of carboxylic acid groups (broad SMARTS) is 1. The van der Waals surface area contributed by atoms with Crippen LogP contribution in [-0.2, 0) is 4.79 Å². The molecule has 204 valence electrons. The van der Waals surface area contributed by atoms with Gasteiger partial charge in [0.05, 0.1) is 5.52 Å². The van der Waals surface area contributed by atoms with Crippen molar-refractivity contribution in [3.63, 3.8) is 0 Å². The predicted molar refractivity (Wildman–Crippen MR) is 140 cm³/mol. The van der Waals surface area contributed by atoms with E-state index < -0.39 is 12.1 Å². The third kappa shape index (κ3) is 8.06. The number of halogens is 3. The van der Waals surface area contributed by atoms with Gasteiger partial charge in [0.2, 0.25) is 5.95 Å². The predicted octanol–water partition coefficient (Wildman–Crippen LogP) is 5.04. The molecule has 3 aromatic rings. The van der Waals surface area contributed by atoms with Crippen LogP contribution >= 0.6 is 0 Å². The Labute approximate surface area is 219 Å². The molecule has 0 radical (unpaired) electrons. The molecular weight excluding hydrogens is 499 g/mol. The molecule has 8 nitrogen and oxygen atoms in total. The summed E-state index contributed by atoms with van der Waals surface area (Å²) in [6, 6.07) is 16.2. The van der Waals surface area contributed by atoms with Crippen molar-refractivity contribution in [1.29, 1.82) is 0 Å². The highest BCUT2D eigenvalue weighted by molar-refractivity contribution is 5.94. The van der Waals surface area contributed by atoms with Crippen molar-refractivity contribution in [3.8, 4) is 0 Å². The number of benzene rings is 2. The Bertz CT molecular complexity index is 1260. The Morgan fingerprint density at radius 3 is 2.29 bits per heavy atom. The molecule has 38 heavy (non-hydrogen) atoms. The first kappa shape index (κ1) is 28.7. The summed E-state index contributed by atoms with van der Waals surface area (Å²) in [4.78, 5) is 32.8. The van der Waals surface area contributed by atoms with Crippen molar-refractivity contribution in [2.45, 2.75) is 44.8 Å². The first-order valence-corrected chi connectivity index (χ1v) is 12.3. The molecule has 1 heterocycles. The second-order valence-electron chi connectivity index (χ2n) is 9.53. The maximum Gasteiger partial charge on any atom is 0.490 e. The number of amides is 1. The van der Waals surface area contributed by atoms with E-state index in [4.69, 9.17) is 19.9 Å². The minimum atomic E-state index is -5.08. The quantitative estimate of drug-likeness (QED) is 0.409. The number of alkyl halides is 3.